The van der Waals surface area contributed by atoms with Crippen molar-refractivity contribution in [2.45, 2.75) is 33.7 Å². The van der Waals surface area contributed by atoms with Crippen molar-refractivity contribution in [1.29, 1.82) is 0 Å². The third-order valence-corrected chi connectivity index (χ3v) is 2.64. The molecule has 4 nitrogen and oxygen atoms in total. The molecule has 1 heterocycles. The van der Waals surface area contributed by atoms with Crippen LogP contribution in [0.2, 0.25) is 0 Å². The number of nitrogens with two attached hydrogens (primary N) is 1. The monoisotopic (exact) mass is 237 g/mol. The van der Waals surface area contributed by atoms with E-state index in [9.17, 15) is 4.79 Å². The molecule has 1 amide bonds. The van der Waals surface area contributed by atoms with Crippen molar-refractivity contribution in [3.8, 4) is 0 Å². The maximum atomic E-state index is 11.9. The second-order valence-electron chi connectivity index (χ2n) is 5.63. The normalized spacial score (nSPS) is 13.4. The summed E-state index contributed by atoms with van der Waals surface area (Å²) < 4.78 is 0. The average Bonchev–Trinajstić information content (AvgIpc) is 2.74. The largest absolute Gasteiger partial charge is 0.367 e. The van der Waals surface area contributed by atoms with Crippen molar-refractivity contribution in [3.05, 3.63) is 24.0 Å². The molecule has 1 atom stereocenters. The Hall–Kier alpha value is -1.29. The number of aromatic nitrogens is 1. The van der Waals surface area contributed by atoms with Crippen LogP contribution in [0, 0.1) is 11.3 Å². The smallest absolute Gasteiger partial charge is 0.224 e. The SMILES string of the molecule is CC(C)(C)CC(CN)C(=O)NCc1cc[nH]c1. The molecule has 1 unspecified atom stereocenters. The van der Waals surface area contributed by atoms with E-state index in [2.05, 4.69) is 31.1 Å². The molecule has 0 aromatic carbocycles. The second-order valence-corrected chi connectivity index (χ2v) is 5.63. The van der Waals surface area contributed by atoms with Crippen molar-refractivity contribution >= 4 is 5.91 Å². The third-order valence-electron chi connectivity index (χ3n) is 2.64. The number of aromatic amines is 1. The third kappa shape index (κ3) is 5.04. The minimum absolute atomic E-state index is 0.0450. The summed E-state index contributed by atoms with van der Waals surface area (Å²) in [5, 5.41) is 2.92. The van der Waals surface area contributed by atoms with Crippen molar-refractivity contribution in [2.75, 3.05) is 6.54 Å². The number of amides is 1. The van der Waals surface area contributed by atoms with Gasteiger partial charge in [0.15, 0.2) is 0 Å². The van der Waals surface area contributed by atoms with Gasteiger partial charge in [-0.05, 0) is 23.5 Å². The number of carbonyl (C=O) groups excluding carboxylic acids is 1. The predicted molar refractivity (Wildman–Crippen MR) is 69.3 cm³/mol. The first-order valence-corrected chi connectivity index (χ1v) is 6.02. The van der Waals surface area contributed by atoms with Crippen molar-refractivity contribution in [2.24, 2.45) is 17.1 Å². The van der Waals surface area contributed by atoms with E-state index in [-0.39, 0.29) is 17.2 Å². The fourth-order valence-corrected chi connectivity index (χ4v) is 1.82. The molecule has 0 fully saturated rings. The van der Waals surface area contributed by atoms with Crippen LogP contribution in [0.1, 0.15) is 32.8 Å². The van der Waals surface area contributed by atoms with E-state index in [0.717, 1.165) is 12.0 Å². The standard InChI is InChI=1S/C13H23N3O/c1-13(2,3)6-11(7-14)12(17)16-9-10-4-5-15-8-10/h4-5,8,11,15H,6-7,9,14H2,1-3H3,(H,16,17). The van der Waals surface area contributed by atoms with Crippen LogP contribution in [0.4, 0.5) is 0 Å². The van der Waals surface area contributed by atoms with E-state index in [1.807, 2.05) is 18.5 Å². The van der Waals surface area contributed by atoms with Crippen LogP contribution in [0.15, 0.2) is 18.5 Å². The predicted octanol–water partition coefficient (Wildman–Crippen LogP) is 1.64. The summed E-state index contributed by atoms with van der Waals surface area (Å²) in [7, 11) is 0. The summed E-state index contributed by atoms with van der Waals surface area (Å²) in [6.45, 7) is 7.32. The number of H-pyrrole nitrogens is 1. The molecule has 0 aliphatic carbocycles. The summed E-state index contributed by atoms with van der Waals surface area (Å²) in [5.74, 6) is -0.0578. The fourth-order valence-electron chi connectivity index (χ4n) is 1.82. The fraction of sp³-hybridized carbons (Fsp3) is 0.615. The van der Waals surface area contributed by atoms with E-state index >= 15 is 0 Å². The van der Waals surface area contributed by atoms with Gasteiger partial charge in [-0.3, -0.25) is 4.79 Å². The second kappa shape index (κ2) is 5.87. The highest BCUT2D eigenvalue weighted by Gasteiger charge is 2.23. The molecular formula is C13H23N3O. The van der Waals surface area contributed by atoms with E-state index in [4.69, 9.17) is 5.73 Å². The Labute approximate surface area is 103 Å². The molecule has 1 rings (SSSR count). The Morgan fingerprint density at radius 2 is 2.24 bits per heavy atom. The van der Waals surface area contributed by atoms with Crippen molar-refractivity contribution in [1.82, 2.24) is 10.3 Å². The van der Waals surface area contributed by atoms with Gasteiger partial charge in [-0.15, -0.1) is 0 Å². The zero-order valence-electron chi connectivity index (χ0n) is 10.9. The number of hydrogen-bond donors (Lipinski definition) is 3. The summed E-state index contributed by atoms with van der Waals surface area (Å²) >= 11 is 0. The highest BCUT2D eigenvalue weighted by molar-refractivity contribution is 5.78. The maximum Gasteiger partial charge on any atom is 0.224 e. The summed E-state index contributed by atoms with van der Waals surface area (Å²) in [5.41, 5.74) is 6.86. The Morgan fingerprint density at radius 3 is 2.71 bits per heavy atom. The van der Waals surface area contributed by atoms with Crippen LogP contribution in [-0.4, -0.2) is 17.4 Å². The maximum absolute atomic E-state index is 11.9. The molecular weight excluding hydrogens is 214 g/mol. The van der Waals surface area contributed by atoms with E-state index < -0.39 is 0 Å². The van der Waals surface area contributed by atoms with Gasteiger partial charge < -0.3 is 16.0 Å². The van der Waals surface area contributed by atoms with Gasteiger partial charge >= 0.3 is 0 Å². The molecule has 17 heavy (non-hydrogen) atoms. The molecule has 0 saturated carbocycles. The molecule has 4 N–H and O–H groups in total. The van der Waals surface area contributed by atoms with Crippen LogP contribution >= 0.6 is 0 Å². The summed E-state index contributed by atoms with van der Waals surface area (Å²) in [6.07, 6.45) is 4.53. The highest BCUT2D eigenvalue weighted by atomic mass is 16.1. The van der Waals surface area contributed by atoms with Crippen molar-refractivity contribution in [3.63, 3.8) is 0 Å². The van der Waals surface area contributed by atoms with Crippen LogP contribution in [0.5, 0.6) is 0 Å². The summed E-state index contributed by atoms with van der Waals surface area (Å²) in [4.78, 5) is 14.9. The minimum Gasteiger partial charge on any atom is -0.367 e. The minimum atomic E-state index is -0.103. The zero-order valence-corrected chi connectivity index (χ0v) is 10.9. The van der Waals surface area contributed by atoms with Gasteiger partial charge in [-0.25, -0.2) is 0 Å². The zero-order chi connectivity index (χ0) is 12.9. The lowest BCUT2D eigenvalue weighted by atomic mass is 9.84. The Balaban J connectivity index is 2.44. The lowest BCUT2D eigenvalue weighted by molar-refractivity contribution is -0.125. The first-order chi connectivity index (χ1) is 7.92. The topological polar surface area (TPSA) is 70.9 Å². The number of carbonyl (C=O) groups is 1. The Morgan fingerprint density at radius 1 is 1.53 bits per heavy atom. The first kappa shape index (κ1) is 13.8. The van der Waals surface area contributed by atoms with Gasteiger partial charge in [0.05, 0.1) is 5.92 Å². The molecule has 0 saturated heterocycles. The molecule has 96 valence electrons. The van der Waals surface area contributed by atoms with Crippen LogP contribution in [0.3, 0.4) is 0 Å². The molecule has 4 heteroatoms. The molecule has 1 aromatic rings. The van der Waals surface area contributed by atoms with E-state index in [1.165, 1.54) is 0 Å². The number of rotatable bonds is 5. The van der Waals surface area contributed by atoms with E-state index in [1.54, 1.807) is 0 Å². The lowest BCUT2D eigenvalue weighted by Gasteiger charge is -2.24. The molecule has 1 aromatic heterocycles. The Kier molecular flexibility index (Phi) is 4.75. The van der Waals surface area contributed by atoms with Crippen molar-refractivity contribution < 1.29 is 4.79 Å². The molecule has 0 radical (unpaired) electrons. The highest BCUT2D eigenvalue weighted by Crippen LogP contribution is 2.24. The lowest BCUT2D eigenvalue weighted by Crippen LogP contribution is -2.36. The molecule has 0 spiro atoms. The first-order valence-electron chi connectivity index (χ1n) is 6.02. The van der Waals surface area contributed by atoms with Gasteiger partial charge in [-0.2, -0.15) is 0 Å². The summed E-state index contributed by atoms with van der Waals surface area (Å²) in [6, 6.07) is 1.95. The van der Waals surface area contributed by atoms with Crippen LogP contribution < -0.4 is 11.1 Å². The van der Waals surface area contributed by atoms with Crippen LogP contribution in [-0.2, 0) is 11.3 Å². The van der Waals surface area contributed by atoms with E-state index in [0.29, 0.717) is 13.1 Å². The quantitative estimate of drug-likeness (QED) is 0.728. The van der Waals surface area contributed by atoms with Crippen LogP contribution in [0.25, 0.3) is 0 Å². The van der Waals surface area contributed by atoms with Gasteiger partial charge in [0, 0.05) is 25.5 Å². The Bertz CT molecular complexity index is 338. The number of nitrogens with one attached hydrogen (secondary N) is 2. The van der Waals surface area contributed by atoms with Gasteiger partial charge in [0.25, 0.3) is 0 Å². The number of hydrogen-bond acceptors (Lipinski definition) is 2. The average molecular weight is 237 g/mol. The molecule has 0 aliphatic heterocycles. The molecule has 0 bridgehead atoms. The van der Waals surface area contributed by atoms with Gasteiger partial charge in [0.1, 0.15) is 0 Å². The molecule has 0 aliphatic rings. The van der Waals surface area contributed by atoms with Gasteiger partial charge in [-0.1, -0.05) is 20.8 Å². The van der Waals surface area contributed by atoms with Gasteiger partial charge in [0.2, 0.25) is 5.91 Å².